The largest absolute Gasteiger partial charge is 0.275 e. The Bertz CT molecular complexity index is 431. The molecule has 68 valence electrons. The van der Waals surface area contributed by atoms with Crippen molar-refractivity contribution in [3.05, 3.63) is 29.7 Å². The Morgan fingerprint density at radius 3 is 2.85 bits per heavy atom. The molecule has 0 saturated carbocycles. The highest BCUT2D eigenvalue weighted by molar-refractivity contribution is 5.79. The Hall–Kier alpha value is -1.38. The van der Waals surface area contributed by atoms with Gasteiger partial charge in [0.2, 0.25) is 0 Å². The lowest BCUT2D eigenvalue weighted by Crippen LogP contribution is -1.93. The normalized spacial score (nSPS) is 11.4. The molecule has 1 N–H and O–H groups in total. The van der Waals surface area contributed by atoms with Crippen LogP contribution in [0.1, 0.15) is 25.3 Å². The highest BCUT2D eigenvalue weighted by Crippen LogP contribution is 2.24. The minimum absolute atomic E-state index is 0.176. The number of hydrogen-bond acceptors (Lipinski definition) is 1. The van der Waals surface area contributed by atoms with Crippen molar-refractivity contribution in [2.45, 2.75) is 19.8 Å². The first-order valence-electron chi connectivity index (χ1n) is 4.31. The van der Waals surface area contributed by atoms with Gasteiger partial charge in [-0.05, 0) is 11.5 Å². The van der Waals surface area contributed by atoms with E-state index in [1.54, 1.807) is 6.20 Å². The summed E-state index contributed by atoms with van der Waals surface area (Å²) < 4.78 is 13.7. The Morgan fingerprint density at radius 1 is 1.38 bits per heavy atom. The number of aromatic amines is 1. The lowest BCUT2D eigenvalue weighted by atomic mass is 10.0. The Kier molecular flexibility index (Phi) is 1.79. The first kappa shape index (κ1) is 8.23. The minimum atomic E-state index is -0.176. The van der Waals surface area contributed by atoms with Crippen molar-refractivity contribution in [2.75, 3.05) is 0 Å². The second kappa shape index (κ2) is 2.83. The minimum Gasteiger partial charge on any atom is -0.275 e. The van der Waals surface area contributed by atoms with Crippen LogP contribution in [0.25, 0.3) is 10.9 Å². The molecule has 1 heterocycles. The van der Waals surface area contributed by atoms with Crippen molar-refractivity contribution in [1.82, 2.24) is 10.2 Å². The highest BCUT2D eigenvalue weighted by atomic mass is 19.1. The fourth-order valence-corrected chi connectivity index (χ4v) is 1.44. The van der Waals surface area contributed by atoms with Gasteiger partial charge in [0, 0.05) is 5.39 Å². The molecule has 2 nitrogen and oxygen atoms in total. The van der Waals surface area contributed by atoms with Crippen LogP contribution in [0.15, 0.2) is 18.3 Å². The number of halogens is 1. The Balaban J connectivity index is 2.73. The standard InChI is InChI=1S/C10H11FN2/c1-6(2)8-4-3-7-5-12-13-10(7)9(8)11/h3-6H,1-2H3,(H,12,13). The van der Waals surface area contributed by atoms with Crippen LogP contribution in [0.3, 0.4) is 0 Å². The molecule has 0 radical (unpaired) electrons. The van der Waals surface area contributed by atoms with Gasteiger partial charge in [0.1, 0.15) is 5.52 Å². The fourth-order valence-electron chi connectivity index (χ4n) is 1.44. The maximum atomic E-state index is 13.7. The van der Waals surface area contributed by atoms with Gasteiger partial charge in [0.25, 0.3) is 0 Å². The van der Waals surface area contributed by atoms with Crippen LogP contribution in [-0.4, -0.2) is 10.2 Å². The smallest absolute Gasteiger partial charge is 0.152 e. The zero-order chi connectivity index (χ0) is 9.42. The summed E-state index contributed by atoms with van der Waals surface area (Å²) in [6.07, 6.45) is 1.63. The van der Waals surface area contributed by atoms with Crippen molar-refractivity contribution in [3.63, 3.8) is 0 Å². The van der Waals surface area contributed by atoms with Gasteiger partial charge in [-0.2, -0.15) is 5.10 Å². The molecule has 0 aliphatic carbocycles. The summed E-state index contributed by atoms with van der Waals surface area (Å²) in [5, 5.41) is 7.28. The van der Waals surface area contributed by atoms with E-state index in [1.165, 1.54) is 0 Å². The third-order valence-electron chi connectivity index (χ3n) is 2.21. The molecule has 13 heavy (non-hydrogen) atoms. The van der Waals surface area contributed by atoms with Crippen LogP contribution in [0.2, 0.25) is 0 Å². The van der Waals surface area contributed by atoms with Crippen molar-refractivity contribution in [3.8, 4) is 0 Å². The summed E-state index contributed by atoms with van der Waals surface area (Å²) in [4.78, 5) is 0. The number of nitrogens with one attached hydrogen (secondary N) is 1. The molecule has 0 aliphatic rings. The van der Waals surface area contributed by atoms with Gasteiger partial charge in [-0.25, -0.2) is 4.39 Å². The topological polar surface area (TPSA) is 28.7 Å². The number of fused-ring (bicyclic) bond motifs is 1. The lowest BCUT2D eigenvalue weighted by molar-refractivity contribution is 0.607. The predicted molar refractivity (Wildman–Crippen MR) is 50.1 cm³/mol. The van der Waals surface area contributed by atoms with Crippen LogP contribution in [0.4, 0.5) is 4.39 Å². The Labute approximate surface area is 75.8 Å². The van der Waals surface area contributed by atoms with E-state index in [0.29, 0.717) is 5.52 Å². The first-order chi connectivity index (χ1) is 6.20. The Morgan fingerprint density at radius 2 is 2.15 bits per heavy atom. The van der Waals surface area contributed by atoms with Crippen molar-refractivity contribution >= 4 is 10.9 Å². The summed E-state index contributed by atoms with van der Waals surface area (Å²) in [6, 6.07) is 3.70. The number of rotatable bonds is 1. The summed E-state index contributed by atoms with van der Waals surface area (Å²) >= 11 is 0. The third-order valence-corrected chi connectivity index (χ3v) is 2.21. The average molecular weight is 178 g/mol. The lowest BCUT2D eigenvalue weighted by Gasteiger charge is -2.06. The molecule has 0 amide bonds. The molecule has 1 aromatic heterocycles. The van der Waals surface area contributed by atoms with Gasteiger partial charge in [-0.15, -0.1) is 0 Å². The first-order valence-corrected chi connectivity index (χ1v) is 4.31. The van der Waals surface area contributed by atoms with E-state index in [1.807, 2.05) is 26.0 Å². The molecule has 0 saturated heterocycles. The average Bonchev–Trinajstić information content (AvgIpc) is 2.52. The summed E-state index contributed by atoms with van der Waals surface area (Å²) in [5.41, 5.74) is 1.24. The van der Waals surface area contributed by atoms with Crippen molar-refractivity contribution < 1.29 is 4.39 Å². The van der Waals surface area contributed by atoms with Crippen molar-refractivity contribution in [2.24, 2.45) is 0 Å². The van der Waals surface area contributed by atoms with Gasteiger partial charge < -0.3 is 0 Å². The van der Waals surface area contributed by atoms with Gasteiger partial charge in [0.05, 0.1) is 6.20 Å². The summed E-state index contributed by atoms with van der Waals surface area (Å²) in [5.74, 6) is 0.0256. The van der Waals surface area contributed by atoms with E-state index in [0.717, 1.165) is 10.9 Å². The maximum Gasteiger partial charge on any atom is 0.152 e. The van der Waals surface area contributed by atoms with Gasteiger partial charge in [0.15, 0.2) is 5.82 Å². The molecule has 0 bridgehead atoms. The quantitative estimate of drug-likeness (QED) is 0.714. The van der Waals surface area contributed by atoms with E-state index in [-0.39, 0.29) is 11.7 Å². The van der Waals surface area contributed by atoms with Gasteiger partial charge in [-0.3, -0.25) is 5.10 Å². The predicted octanol–water partition coefficient (Wildman–Crippen LogP) is 2.83. The molecule has 2 aromatic rings. The molecule has 0 unspecified atom stereocenters. The molecule has 1 aromatic carbocycles. The second-order valence-corrected chi connectivity index (χ2v) is 3.46. The number of H-pyrrole nitrogens is 1. The molecular formula is C10H11FN2. The van der Waals surface area contributed by atoms with Crippen LogP contribution in [0.5, 0.6) is 0 Å². The SMILES string of the molecule is CC(C)c1ccc2cn[nH]c2c1F. The van der Waals surface area contributed by atoms with Gasteiger partial charge in [-0.1, -0.05) is 26.0 Å². The summed E-state index contributed by atoms with van der Waals surface area (Å²) in [7, 11) is 0. The van der Waals surface area contributed by atoms with E-state index in [2.05, 4.69) is 10.2 Å². The zero-order valence-corrected chi connectivity index (χ0v) is 7.63. The van der Waals surface area contributed by atoms with Crippen LogP contribution in [0, 0.1) is 5.82 Å². The van der Waals surface area contributed by atoms with Crippen molar-refractivity contribution in [1.29, 1.82) is 0 Å². The second-order valence-electron chi connectivity index (χ2n) is 3.46. The number of aromatic nitrogens is 2. The molecular weight excluding hydrogens is 167 g/mol. The van der Waals surface area contributed by atoms with E-state index < -0.39 is 0 Å². The van der Waals surface area contributed by atoms with E-state index in [9.17, 15) is 4.39 Å². The highest BCUT2D eigenvalue weighted by Gasteiger charge is 2.10. The molecule has 0 aliphatic heterocycles. The summed E-state index contributed by atoms with van der Waals surface area (Å²) in [6.45, 7) is 3.95. The van der Waals surface area contributed by atoms with Crippen LogP contribution < -0.4 is 0 Å². The van der Waals surface area contributed by atoms with E-state index in [4.69, 9.17) is 0 Å². The third kappa shape index (κ3) is 1.20. The zero-order valence-electron chi connectivity index (χ0n) is 7.63. The molecule has 3 heteroatoms. The molecule has 2 rings (SSSR count). The number of nitrogens with zero attached hydrogens (tertiary/aromatic N) is 1. The van der Waals surface area contributed by atoms with Crippen LogP contribution in [-0.2, 0) is 0 Å². The van der Waals surface area contributed by atoms with E-state index >= 15 is 0 Å². The monoisotopic (exact) mass is 178 g/mol. The number of hydrogen-bond donors (Lipinski definition) is 1. The molecule has 0 atom stereocenters. The van der Waals surface area contributed by atoms with Gasteiger partial charge >= 0.3 is 0 Å². The maximum absolute atomic E-state index is 13.7. The molecule has 0 spiro atoms. The van der Waals surface area contributed by atoms with Crippen LogP contribution >= 0.6 is 0 Å². The fraction of sp³-hybridized carbons (Fsp3) is 0.300. The molecule has 0 fully saturated rings. The number of benzene rings is 1.